The summed E-state index contributed by atoms with van der Waals surface area (Å²) in [5, 5.41) is 14.5. The maximum absolute atomic E-state index is 10.8. The number of rotatable bonds is 4. The number of likely N-dealkylation sites (tertiary alicyclic amines) is 1. The van der Waals surface area contributed by atoms with Gasteiger partial charge in [-0.05, 0) is 31.0 Å². The van der Waals surface area contributed by atoms with E-state index in [4.69, 9.17) is 9.73 Å². The van der Waals surface area contributed by atoms with Crippen LogP contribution < -0.4 is 10.1 Å². The van der Waals surface area contributed by atoms with Crippen LogP contribution in [0, 0.1) is 0 Å². The Balaban J connectivity index is 1.72. The third-order valence-corrected chi connectivity index (χ3v) is 6.05. The molecular weight excluding hydrogens is 350 g/mol. The predicted molar refractivity (Wildman–Crippen MR) is 112 cm³/mol. The first-order valence-corrected chi connectivity index (χ1v) is 10.1. The molecule has 0 saturated carbocycles. The molecule has 1 spiro atoms. The first-order chi connectivity index (χ1) is 13.6. The highest BCUT2D eigenvalue weighted by atomic mass is 16.5. The molecule has 2 aromatic rings. The Labute approximate surface area is 167 Å². The molecule has 2 aromatic carbocycles. The van der Waals surface area contributed by atoms with Gasteiger partial charge in [-0.2, -0.15) is 0 Å². The number of aliphatic imine (C=N–C) groups is 1. The second kappa shape index (κ2) is 7.94. The molecule has 2 N–H and O–H groups in total. The second-order valence-electron chi connectivity index (χ2n) is 7.69. The van der Waals surface area contributed by atoms with Crippen molar-refractivity contribution in [1.29, 1.82) is 0 Å². The average molecular weight is 380 g/mol. The topological polar surface area (TPSA) is 57.1 Å². The summed E-state index contributed by atoms with van der Waals surface area (Å²) in [4.78, 5) is 7.70. The molecule has 0 amide bonds. The number of hydrogen-bond donors (Lipinski definition) is 2. The van der Waals surface area contributed by atoms with E-state index in [2.05, 4.69) is 41.4 Å². The number of piperidine rings is 1. The van der Waals surface area contributed by atoms with E-state index in [1.807, 2.05) is 18.2 Å². The molecule has 1 fully saturated rings. The van der Waals surface area contributed by atoms with E-state index in [9.17, 15) is 5.11 Å². The van der Waals surface area contributed by atoms with Crippen molar-refractivity contribution in [3.05, 3.63) is 59.7 Å². The third-order valence-electron chi connectivity index (χ3n) is 6.05. The van der Waals surface area contributed by atoms with E-state index >= 15 is 0 Å². The highest BCUT2D eigenvalue weighted by Crippen LogP contribution is 2.40. The normalized spacial score (nSPS) is 22.1. The summed E-state index contributed by atoms with van der Waals surface area (Å²) in [5.41, 5.74) is 2.86. The zero-order valence-electron chi connectivity index (χ0n) is 16.7. The van der Waals surface area contributed by atoms with Crippen LogP contribution in [-0.4, -0.2) is 48.1 Å². The smallest absolute Gasteiger partial charge is 0.162 e. The van der Waals surface area contributed by atoms with Gasteiger partial charge >= 0.3 is 0 Å². The largest absolute Gasteiger partial charge is 0.504 e. The van der Waals surface area contributed by atoms with Gasteiger partial charge < -0.3 is 14.7 Å². The molecule has 4 rings (SSSR count). The number of benzene rings is 2. The molecule has 0 aromatic heterocycles. The van der Waals surface area contributed by atoms with Crippen molar-refractivity contribution in [1.82, 2.24) is 10.2 Å². The Bertz CT molecular complexity index is 842. The lowest BCUT2D eigenvalue weighted by atomic mass is 9.87. The summed E-state index contributed by atoms with van der Waals surface area (Å²) >= 11 is 0. The van der Waals surface area contributed by atoms with E-state index in [1.54, 1.807) is 13.2 Å². The van der Waals surface area contributed by atoms with E-state index < -0.39 is 0 Å². The summed E-state index contributed by atoms with van der Waals surface area (Å²) in [6, 6.07) is 16.1. The van der Waals surface area contributed by atoms with Crippen LogP contribution in [0.15, 0.2) is 53.5 Å². The molecule has 0 radical (unpaired) electrons. The van der Waals surface area contributed by atoms with Gasteiger partial charge in [0.1, 0.15) is 5.66 Å². The number of nitrogens with zero attached hydrogens (tertiary/aromatic N) is 2. The molecule has 0 bridgehead atoms. The molecule has 0 unspecified atom stereocenters. The van der Waals surface area contributed by atoms with E-state index in [0.717, 1.165) is 55.7 Å². The van der Waals surface area contributed by atoms with Gasteiger partial charge in [0.2, 0.25) is 0 Å². The summed E-state index contributed by atoms with van der Waals surface area (Å²) < 4.78 is 5.34. The summed E-state index contributed by atoms with van der Waals surface area (Å²) in [6.07, 6.45) is 2.68. The van der Waals surface area contributed by atoms with Gasteiger partial charge in [0.15, 0.2) is 11.5 Å². The highest BCUT2D eigenvalue weighted by molar-refractivity contribution is 6.01. The van der Waals surface area contributed by atoms with Crippen molar-refractivity contribution in [2.45, 2.75) is 37.9 Å². The molecule has 148 valence electrons. The molecule has 2 aliphatic rings. The van der Waals surface area contributed by atoms with Crippen molar-refractivity contribution in [3.63, 3.8) is 0 Å². The van der Waals surface area contributed by atoms with E-state index in [-0.39, 0.29) is 17.5 Å². The highest BCUT2D eigenvalue weighted by Gasteiger charge is 2.40. The lowest BCUT2D eigenvalue weighted by Gasteiger charge is -2.45. The number of phenols is 1. The van der Waals surface area contributed by atoms with Gasteiger partial charge in [-0.3, -0.25) is 10.3 Å². The molecule has 5 nitrogen and oxygen atoms in total. The van der Waals surface area contributed by atoms with Crippen molar-refractivity contribution in [2.75, 3.05) is 26.7 Å². The zero-order chi connectivity index (χ0) is 19.6. The van der Waals surface area contributed by atoms with Crippen LogP contribution in [0.2, 0.25) is 0 Å². The number of nitrogens with one attached hydrogen (secondary N) is 1. The fourth-order valence-electron chi connectivity index (χ4n) is 4.39. The molecule has 1 saturated heterocycles. The third kappa shape index (κ3) is 3.64. The SMILES string of the molecule is CCN1CCC2(CC1)N=C(c1ccccc1)C[C@H](c1cccc(OC)c1O)N2. The van der Waals surface area contributed by atoms with Gasteiger partial charge in [-0.15, -0.1) is 0 Å². The number of aromatic hydroxyl groups is 1. The summed E-state index contributed by atoms with van der Waals surface area (Å²) in [7, 11) is 1.59. The van der Waals surface area contributed by atoms with Crippen LogP contribution in [0.5, 0.6) is 11.5 Å². The average Bonchev–Trinajstić information content (AvgIpc) is 2.75. The van der Waals surface area contributed by atoms with Gasteiger partial charge in [0.05, 0.1) is 7.11 Å². The predicted octanol–water partition coefficient (Wildman–Crippen LogP) is 3.74. The lowest BCUT2D eigenvalue weighted by molar-refractivity contribution is 0.129. The van der Waals surface area contributed by atoms with E-state index in [1.165, 1.54) is 0 Å². The standard InChI is InChI=1S/C23H29N3O2/c1-3-26-14-12-23(13-15-26)24-19(17-8-5-4-6-9-17)16-20(25-23)18-10-7-11-21(28-2)22(18)27/h4-11,20,25,27H,3,12-16H2,1-2H3/t20-/m1/s1. The van der Waals surface area contributed by atoms with Gasteiger partial charge in [-0.25, -0.2) is 0 Å². The maximum Gasteiger partial charge on any atom is 0.162 e. The van der Waals surface area contributed by atoms with Crippen molar-refractivity contribution >= 4 is 5.71 Å². The minimum Gasteiger partial charge on any atom is -0.504 e. The monoisotopic (exact) mass is 379 g/mol. The molecule has 5 heteroatoms. The summed E-state index contributed by atoms with van der Waals surface area (Å²) in [5.74, 6) is 0.732. The number of phenolic OH excluding ortho intramolecular Hbond substituents is 1. The fourth-order valence-corrected chi connectivity index (χ4v) is 4.39. The van der Waals surface area contributed by atoms with Crippen LogP contribution in [0.25, 0.3) is 0 Å². The zero-order valence-corrected chi connectivity index (χ0v) is 16.7. The fraction of sp³-hybridized carbons (Fsp3) is 0.435. The van der Waals surface area contributed by atoms with Crippen LogP contribution in [0.3, 0.4) is 0 Å². The Morgan fingerprint density at radius 1 is 1.14 bits per heavy atom. The van der Waals surface area contributed by atoms with Crippen LogP contribution in [0.1, 0.15) is 43.4 Å². The van der Waals surface area contributed by atoms with Gasteiger partial charge in [0, 0.05) is 36.8 Å². The van der Waals surface area contributed by atoms with Gasteiger partial charge in [0.25, 0.3) is 0 Å². The number of hydrogen-bond acceptors (Lipinski definition) is 5. The minimum atomic E-state index is -0.282. The molecule has 28 heavy (non-hydrogen) atoms. The number of para-hydroxylation sites is 1. The van der Waals surface area contributed by atoms with Crippen molar-refractivity contribution in [3.8, 4) is 11.5 Å². The number of methoxy groups -OCH3 is 1. The molecule has 2 aliphatic heterocycles. The lowest BCUT2D eigenvalue weighted by Crippen LogP contribution is -2.56. The Kier molecular flexibility index (Phi) is 5.38. The van der Waals surface area contributed by atoms with E-state index in [0.29, 0.717) is 5.75 Å². The molecule has 0 aliphatic carbocycles. The molecule has 1 atom stereocenters. The quantitative estimate of drug-likeness (QED) is 0.850. The molecular formula is C23H29N3O2. The maximum atomic E-state index is 10.8. The first kappa shape index (κ1) is 19.0. The minimum absolute atomic E-state index is 0.00372. The first-order valence-electron chi connectivity index (χ1n) is 10.1. The van der Waals surface area contributed by atoms with Crippen LogP contribution in [-0.2, 0) is 0 Å². The second-order valence-corrected chi connectivity index (χ2v) is 7.69. The van der Waals surface area contributed by atoms with Crippen molar-refractivity contribution < 1.29 is 9.84 Å². The van der Waals surface area contributed by atoms with Crippen LogP contribution in [0.4, 0.5) is 0 Å². The number of ether oxygens (including phenoxy) is 1. The summed E-state index contributed by atoms with van der Waals surface area (Å²) in [6.45, 7) is 5.35. The van der Waals surface area contributed by atoms with Crippen LogP contribution >= 0.6 is 0 Å². The Morgan fingerprint density at radius 3 is 2.57 bits per heavy atom. The van der Waals surface area contributed by atoms with Crippen molar-refractivity contribution in [2.24, 2.45) is 4.99 Å². The van der Waals surface area contributed by atoms with Gasteiger partial charge in [-0.1, -0.05) is 49.4 Å². The Morgan fingerprint density at radius 2 is 1.89 bits per heavy atom. The Hall–Kier alpha value is -2.37. The molecule has 2 heterocycles.